The van der Waals surface area contributed by atoms with Gasteiger partial charge in [-0.1, -0.05) is 42.5 Å². The number of rotatable bonds is 5. The maximum atomic E-state index is 6.24. The summed E-state index contributed by atoms with van der Waals surface area (Å²) in [4.78, 5) is 0. The Bertz CT molecular complexity index is 979. The Morgan fingerprint density at radius 2 is 1.90 bits per heavy atom. The van der Waals surface area contributed by atoms with E-state index in [-0.39, 0.29) is 5.41 Å². The smallest absolute Gasteiger partial charge is 0.165 e. The summed E-state index contributed by atoms with van der Waals surface area (Å²) in [5.74, 6) is 2.72. The first-order valence-electron chi connectivity index (χ1n) is 10.3. The van der Waals surface area contributed by atoms with Crippen molar-refractivity contribution in [1.82, 2.24) is 5.32 Å². The van der Waals surface area contributed by atoms with E-state index in [1.807, 2.05) is 18.2 Å². The molecular formula is C25H27NO3. The van der Waals surface area contributed by atoms with Crippen molar-refractivity contribution in [3.63, 3.8) is 0 Å². The fourth-order valence-electron chi connectivity index (χ4n) is 5.30. The Balaban J connectivity index is 1.59. The third-order valence-electron chi connectivity index (χ3n) is 6.61. The predicted octanol–water partition coefficient (Wildman–Crippen LogP) is 4.29. The molecule has 0 spiro atoms. The zero-order chi connectivity index (χ0) is 19.8. The Kier molecular flexibility index (Phi) is 4.59. The number of benzene rings is 2. The Morgan fingerprint density at radius 1 is 1.03 bits per heavy atom. The molecule has 150 valence electrons. The maximum Gasteiger partial charge on any atom is 0.165 e. The first-order chi connectivity index (χ1) is 14.2. The summed E-state index contributed by atoms with van der Waals surface area (Å²) in [5.41, 5.74) is 5.16. The number of hydrogen-bond donors (Lipinski definition) is 1. The normalized spacial score (nSPS) is 24.6. The highest BCUT2D eigenvalue weighted by Crippen LogP contribution is 2.56. The van der Waals surface area contributed by atoms with Crippen molar-refractivity contribution in [2.75, 3.05) is 20.8 Å². The molecule has 1 N–H and O–H groups in total. The van der Waals surface area contributed by atoms with Crippen molar-refractivity contribution in [3.8, 4) is 11.5 Å². The van der Waals surface area contributed by atoms with Crippen molar-refractivity contribution >= 4 is 0 Å². The lowest BCUT2D eigenvalue weighted by molar-refractivity contribution is 0.219. The predicted molar refractivity (Wildman–Crippen MR) is 113 cm³/mol. The molecule has 4 nitrogen and oxygen atoms in total. The van der Waals surface area contributed by atoms with E-state index >= 15 is 0 Å². The van der Waals surface area contributed by atoms with Gasteiger partial charge in [0.2, 0.25) is 0 Å². The molecule has 0 radical (unpaired) electrons. The minimum atomic E-state index is -0.0823. The van der Waals surface area contributed by atoms with Crippen LogP contribution in [0.3, 0.4) is 0 Å². The summed E-state index contributed by atoms with van der Waals surface area (Å²) in [6.07, 6.45) is 7.27. The molecule has 29 heavy (non-hydrogen) atoms. The number of fused-ring (bicyclic) bond motifs is 1. The number of hydrogen-bond acceptors (Lipinski definition) is 4. The van der Waals surface area contributed by atoms with E-state index in [2.05, 4.69) is 41.7 Å². The number of allylic oxidation sites excluding steroid dienone is 3. The third kappa shape index (κ3) is 2.94. The Hall–Kier alpha value is -2.72. The number of ether oxygens (including phenoxy) is 3. The van der Waals surface area contributed by atoms with Crippen LogP contribution >= 0.6 is 0 Å². The van der Waals surface area contributed by atoms with Gasteiger partial charge in [0.05, 0.1) is 20.0 Å². The van der Waals surface area contributed by atoms with Crippen LogP contribution in [0.5, 0.6) is 11.5 Å². The first kappa shape index (κ1) is 18.3. The van der Waals surface area contributed by atoms with Crippen molar-refractivity contribution in [1.29, 1.82) is 0 Å². The number of methoxy groups -OCH3 is 2. The van der Waals surface area contributed by atoms with Gasteiger partial charge in [0, 0.05) is 23.4 Å². The van der Waals surface area contributed by atoms with E-state index in [0.29, 0.717) is 12.6 Å². The molecule has 0 saturated carbocycles. The van der Waals surface area contributed by atoms with Gasteiger partial charge in [-0.25, -0.2) is 0 Å². The largest absolute Gasteiger partial charge is 0.501 e. The highest BCUT2D eigenvalue weighted by Gasteiger charge is 2.50. The lowest BCUT2D eigenvalue weighted by Gasteiger charge is -2.51. The van der Waals surface area contributed by atoms with Crippen LogP contribution in [0.15, 0.2) is 65.9 Å². The second kappa shape index (κ2) is 7.27. The lowest BCUT2D eigenvalue weighted by atomic mass is 9.58. The quantitative estimate of drug-likeness (QED) is 0.828. The van der Waals surface area contributed by atoms with Gasteiger partial charge in [-0.05, 0) is 48.2 Å². The van der Waals surface area contributed by atoms with Gasteiger partial charge in [-0.2, -0.15) is 0 Å². The van der Waals surface area contributed by atoms with Crippen LogP contribution in [0.1, 0.15) is 29.5 Å². The van der Waals surface area contributed by atoms with E-state index in [4.69, 9.17) is 14.2 Å². The summed E-state index contributed by atoms with van der Waals surface area (Å²) in [7, 11) is 3.52. The second-order valence-corrected chi connectivity index (χ2v) is 8.08. The van der Waals surface area contributed by atoms with Crippen LogP contribution in [0.25, 0.3) is 0 Å². The van der Waals surface area contributed by atoms with Gasteiger partial charge >= 0.3 is 0 Å². The van der Waals surface area contributed by atoms with Gasteiger partial charge in [-0.15, -0.1) is 0 Å². The molecule has 1 aliphatic heterocycles. The zero-order valence-electron chi connectivity index (χ0n) is 17.0. The Morgan fingerprint density at radius 3 is 2.69 bits per heavy atom. The molecule has 0 amide bonds. The molecule has 5 rings (SSSR count). The van der Waals surface area contributed by atoms with E-state index in [0.717, 1.165) is 48.6 Å². The van der Waals surface area contributed by atoms with Crippen LogP contribution in [0.2, 0.25) is 0 Å². The highest BCUT2D eigenvalue weighted by atomic mass is 16.5. The summed E-state index contributed by atoms with van der Waals surface area (Å²) < 4.78 is 17.9. The molecule has 2 aliphatic carbocycles. The lowest BCUT2D eigenvalue weighted by Crippen LogP contribution is -2.54. The second-order valence-electron chi connectivity index (χ2n) is 8.08. The fourth-order valence-corrected chi connectivity index (χ4v) is 5.30. The average Bonchev–Trinajstić information content (AvgIpc) is 2.77. The van der Waals surface area contributed by atoms with E-state index in [1.54, 1.807) is 14.2 Å². The minimum Gasteiger partial charge on any atom is -0.501 e. The Labute approximate surface area is 172 Å². The molecule has 2 aromatic carbocycles. The third-order valence-corrected chi connectivity index (χ3v) is 6.61. The molecule has 3 aliphatic rings. The molecule has 4 heteroatoms. The molecule has 2 bridgehead atoms. The SMILES string of the molecule is COC1=CC=C2[C@@H]3Cc4ccc(OCc5ccccc5)c(OC)c4[C@]2(CCN3)C1. The molecule has 0 unspecified atom stereocenters. The van der Waals surface area contributed by atoms with Crippen molar-refractivity contribution < 1.29 is 14.2 Å². The van der Waals surface area contributed by atoms with Gasteiger partial charge in [0.1, 0.15) is 6.61 Å². The van der Waals surface area contributed by atoms with Crippen molar-refractivity contribution in [3.05, 3.63) is 82.6 Å². The molecule has 2 aromatic rings. The van der Waals surface area contributed by atoms with Crippen LogP contribution in [-0.4, -0.2) is 26.8 Å². The number of nitrogens with one attached hydrogen (secondary N) is 1. The summed E-state index contributed by atoms with van der Waals surface area (Å²) in [5, 5.41) is 3.71. The zero-order valence-corrected chi connectivity index (χ0v) is 17.0. The molecule has 1 heterocycles. The van der Waals surface area contributed by atoms with Crippen molar-refractivity contribution in [2.24, 2.45) is 0 Å². The van der Waals surface area contributed by atoms with Gasteiger partial charge < -0.3 is 19.5 Å². The van der Waals surface area contributed by atoms with Gasteiger partial charge in [0.15, 0.2) is 11.5 Å². The standard InChI is InChI=1S/C25H27NO3/c1-27-19-9-10-20-21-14-18-8-11-22(29-16-17-6-4-3-5-7-17)24(28-2)23(18)25(20,15-19)12-13-26-21/h3-11,21,26H,12-16H2,1-2H3/t21-,25+/m0/s1. The summed E-state index contributed by atoms with van der Waals surface area (Å²) in [6.45, 7) is 1.52. The summed E-state index contributed by atoms with van der Waals surface area (Å²) in [6, 6.07) is 14.9. The van der Waals surface area contributed by atoms with Crippen LogP contribution in [0, 0.1) is 0 Å². The molecule has 2 atom stereocenters. The van der Waals surface area contributed by atoms with Crippen LogP contribution in [0.4, 0.5) is 0 Å². The van der Waals surface area contributed by atoms with E-state index < -0.39 is 0 Å². The van der Waals surface area contributed by atoms with Gasteiger partial charge in [0.25, 0.3) is 0 Å². The topological polar surface area (TPSA) is 39.7 Å². The summed E-state index contributed by atoms with van der Waals surface area (Å²) >= 11 is 0. The van der Waals surface area contributed by atoms with Crippen molar-refractivity contribution in [2.45, 2.75) is 37.3 Å². The monoisotopic (exact) mass is 389 g/mol. The molecule has 0 aromatic heterocycles. The molecular weight excluding hydrogens is 362 g/mol. The minimum absolute atomic E-state index is 0.0823. The van der Waals surface area contributed by atoms with Crippen LogP contribution < -0.4 is 14.8 Å². The molecule has 1 saturated heterocycles. The van der Waals surface area contributed by atoms with E-state index in [1.165, 1.54) is 16.7 Å². The molecule has 1 fully saturated rings. The van der Waals surface area contributed by atoms with Gasteiger partial charge in [-0.3, -0.25) is 0 Å². The fraction of sp³-hybridized carbons (Fsp3) is 0.360. The van der Waals surface area contributed by atoms with E-state index in [9.17, 15) is 0 Å². The average molecular weight is 389 g/mol. The first-order valence-corrected chi connectivity index (χ1v) is 10.3. The van der Waals surface area contributed by atoms with Crippen LogP contribution in [-0.2, 0) is 23.2 Å². The number of piperidine rings is 1. The maximum absolute atomic E-state index is 6.24. The highest BCUT2D eigenvalue weighted by molar-refractivity contribution is 5.63.